The fourth-order valence-corrected chi connectivity index (χ4v) is 2.49. The zero-order valence-corrected chi connectivity index (χ0v) is 9.25. The quantitative estimate of drug-likeness (QED) is 0.652. The van der Waals surface area contributed by atoms with Crippen LogP contribution in [0, 0.1) is 5.82 Å². The van der Waals surface area contributed by atoms with Gasteiger partial charge >= 0.3 is 0 Å². The van der Waals surface area contributed by atoms with Crippen molar-refractivity contribution in [3.8, 4) is 0 Å². The lowest BCUT2D eigenvalue weighted by Gasteiger charge is -2.29. The lowest BCUT2D eigenvalue weighted by molar-refractivity contribution is 0.401. The van der Waals surface area contributed by atoms with E-state index in [-0.39, 0.29) is 5.82 Å². The van der Waals surface area contributed by atoms with Gasteiger partial charge in [0.2, 0.25) is 0 Å². The normalized spacial score (nSPS) is 19.6. The van der Waals surface area contributed by atoms with Gasteiger partial charge < -0.3 is 4.90 Å². The monoisotopic (exact) mass is 218 g/mol. The second-order valence-electron chi connectivity index (χ2n) is 4.51. The highest BCUT2D eigenvalue weighted by molar-refractivity contribution is 5.87. The molecule has 0 atom stereocenters. The summed E-state index contributed by atoms with van der Waals surface area (Å²) >= 11 is 0. The molecule has 2 aliphatic heterocycles. The van der Waals surface area contributed by atoms with E-state index in [1.807, 2.05) is 6.07 Å². The fourth-order valence-electron chi connectivity index (χ4n) is 2.49. The Kier molecular flexibility index (Phi) is 2.39. The molecule has 84 valence electrons. The van der Waals surface area contributed by atoms with Gasteiger partial charge in [0.05, 0.1) is 0 Å². The molecule has 3 rings (SSSR count). The van der Waals surface area contributed by atoms with E-state index < -0.39 is 0 Å². The van der Waals surface area contributed by atoms with Gasteiger partial charge in [0.1, 0.15) is 17.3 Å². The molecule has 2 aliphatic rings. The summed E-state index contributed by atoms with van der Waals surface area (Å²) in [6.45, 7) is 1.89. The predicted octanol–water partition coefficient (Wildman–Crippen LogP) is 3.25. The van der Waals surface area contributed by atoms with E-state index in [0.29, 0.717) is 5.69 Å². The van der Waals surface area contributed by atoms with E-state index in [1.165, 1.54) is 25.3 Å². The van der Waals surface area contributed by atoms with Crippen molar-refractivity contribution in [1.82, 2.24) is 4.90 Å². The molecule has 0 N–H and O–H groups in total. The minimum Gasteiger partial charge on any atom is -0.356 e. The fraction of sp³-hybridized carbons (Fsp3) is 0.462. The third-order valence-electron chi connectivity index (χ3n) is 3.37. The van der Waals surface area contributed by atoms with Gasteiger partial charge in [-0.15, -0.1) is 0 Å². The van der Waals surface area contributed by atoms with Gasteiger partial charge in [0.15, 0.2) is 0 Å². The number of hydrogen-bond donors (Lipinski definition) is 0. The second kappa shape index (κ2) is 3.89. The number of rotatable bonds is 0. The molecule has 0 saturated carbocycles. The van der Waals surface area contributed by atoms with E-state index in [2.05, 4.69) is 9.89 Å². The predicted molar refractivity (Wildman–Crippen MR) is 62.4 cm³/mol. The Morgan fingerprint density at radius 2 is 2.12 bits per heavy atom. The zero-order chi connectivity index (χ0) is 11.0. The van der Waals surface area contributed by atoms with Crippen LogP contribution in [0.2, 0.25) is 0 Å². The Bertz CT molecular complexity index is 440. The van der Waals surface area contributed by atoms with Crippen LogP contribution in [0.15, 0.2) is 23.2 Å². The number of amidine groups is 1. The summed E-state index contributed by atoms with van der Waals surface area (Å²) in [6, 6.07) is 5.24. The Hall–Kier alpha value is -1.38. The number of aliphatic imine (C=N–C) groups is 1. The SMILES string of the molecule is Fc1cccc2c1N=C1CCCCCN1C2. The molecular formula is C13H15FN2. The average molecular weight is 218 g/mol. The number of benzene rings is 1. The average Bonchev–Trinajstić information content (AvgIpc) is 2.52. The molecule has 1 saturated heterocycles. The van der Waals surface area contributed by atoms with Crippen LogP contribution in [0.1, 0.15) is 31.2 Å². The summed E-state index contributed by atoms with van der Waals surface area (Å²) in [5.74, 6) is 0.893. The van der Waals surface area contributed by atoms with Crippen molar-refractivity contribution in [1.29, 1.82) is 0 Å². The highest BCUT2D eigenvalue weighted by atomic mass is 19.1. The summed E-state index contributed by atoms with van der Waals surface area (Å²) in [4.78, 5) is 6.79. The molecule has 0 aromatic heterocycles. The molecule has 1 aromatic rings. The molecule has 0 radical (unpaired) electrons. The van der Waals surface area contributed by atoms with Crippen molar-refractivity contribution in [3.05, 3.63) is 29.6 Å². The molecule has 3 heteroatoms. The maximum atomic E-state index is 13.6. The Morgan fingerprint density at radius 1 is 1.19 bits per heavy atom. The zero-order valence-electron chi connectivity index (χ0n) is 9.25. The van der Waals surface area contributed by atoms with Gasteiger partial charge in [-0.25, -0.2) is 9.38 Å². The third kappa shape index (κ3) is 1.60. The number of halogens is 1. The van der Waals surface area contributed by atoms with Crippen LogP contribution in [0.4, 0.5) is 10.1 Å². The smallest absolute Gasteiger partial charge is 0.149 e. The summed E-state index contributed by atoms with van der Waals surface area (Å²) in [7, 11) is 0. The number of hydrogen-bond acceptors (Lipinski definition) is 2. The van der Waals surface area contributed by atoms with Crippen molar-refractivity contribution >= 4 is 11.5 Å². The number of fused-ring (bicyclic) bond motifs is 2. The Morgan fingerprint density at radius 3 is 3.06 bits per heavy atom. The molecule has 2 nitrogen and oxygen atoms in total. The first-order valence-electron chi connectivity index (χ1n) is 5.94. The van der Waals surface area contributed by atoms with Crippen LogP contribution in [0.3, 0.4) is 0 Å². The molecule has 0 unspecified atom stereocenters. The summed E-state index contributed by atoms with van der Waals surface area (Å²) in [5.41, 5.74) is 1.58. The van der Waals surface area contributed by atoms with Gasteiger partial charge in [-0.3, -0.25) is 0 Å². The van der Waals surface area contributed by atoms with Gasteiger partial charge in [-0.1, -0.05) is 18.6 Å². The largest absolute Gasteiger partial charge is 0.356 e. The maximum Gasteiger partial charge on any atom is 0.149 e. The molecule has 16 heavy (non-hydrogen) atoms. The van der Waals surface area contributed by atoms with Gasteiger partial charge in [-0.05, 0) is 18.9 Å². The summed E-state index contributed by atoms with van der Waals surface area (Å²) in [6.07, 6.45) is 4.66. The van der Waals surface area contributed by atoms with E-state index >= 15 is 0 Å². The molecule has 0 aliphatic carbocycles. The summed E-state index contributed by atoms with van der Waals surface area (Å²) < 4.78 is 13.6. The van der Waals surface area contributed by atoms with Crippen molar-refractivity contribution in [2.24, 2.45) is 4.99 Å². The van der Waals surface area contributed by atoms with E-state index in [1.54, 1.807) is 6.07 Å². The van der Waals surface area contributed by atoms with Gasteiger partial charge in [0, 0.05) is 25.1 Å². The molecule has 2 heterocycles. The van der Waals surface area contributed by atoms with E-state index in [4.69, 9.17) is 0 Å². The minimum absolute atomic E-state index is 0.186. The van der Waals surface area contributed by atoms with Crippen LogP contribution in [0.5, 0.6) is 0 Å². The molecule has 0 spiro atoms. The molecule has 0 amide bonds. The van der Waals surface area contributed by atoms with Gasteiger partial charge in [0.25, 0.3) is 0 Å². The molecule has 0 bridgehead atoms. The molecule has 1 fully saturated rings. The molecular weight excluding hydrogens is 203 g/mol. The first kappa shape index (κ1) is 9.82. The lowest BCUT2D eigenvalue weighted by atomic mass is 10.1. The Balaban J connectivity index is 2.03. The first-order chi connectivity index (χ1) is 7.84. The Labute approximate surface area is 94.8 Å². The van der Waals surface area contributed by atoms with Crippen LogP contribution < -0.4 is 0 Å². The number of para-hydroxylation sites is 1. The standard InChI is InChI=1S/C13H15FN2/c14-11-6-4-5-10-9-16-8-3-1-2-7-12(16)15-13(10)11/h4-6H,1-3,7-9H2. The summed E-state index contributed by atoms with van der Waals surface area (Å²) in [5, 5.41) is 0. The van der Waals surface area contributed by atoms with E-state index in [9.17, 15) is 4.39 Å². The number of nitrogens with zero attached hydrogens (tertiary/aromatic N) is 2. The van der Waals surface area contributed by atoms with Crippen molar-refractivity contribution in [2.45, 2.75) is 32.2 Å². The van der Waals surface area contributed by atoms with Crippen molar-refractivity contribution < 1.29 is 4.39 Å². The van der Waals surface area contributed by atoms with Crippen molar-refractivity contribution in [2.75, 3.05) is 6.54 Å². The topological polar surface area (TPSA) is 15.6 Å². The third-order valence-corrected chi connectivity index (χ3v) is 3.37. The highest BCUT2D eigenvalue weighted by Gasteiger charge is 2.22. The van der Waals surface area contributed by atoms with E-state index in [0.717, 1.165) is 30.9 Å². The molecule has 1 aromatic carbocycles. The van der Waals surface area contributed by atoms with Gasteiger partial charge in [-0.2, -0.15) is 0 Å². The van der Waals surface area contributed by atoms with Crippen LogP contribution in [-0.4, -0.2) is 17.3 Å². The van der Waals surface area contributed by atoms with Crippen LogP contribution in [0.25, 0.3) is 0 Å². The van der Waals surface area contributed by atoms with Crippen LogP contribution in [-0.2, 0) is 6.54 Å². The second-order valence-corrected chi connectivity index (χ2v) is 4.51. The maximum absolute atomic E-state index is 13.6. The highest BCUT2D eigenvalue weighted by Crippen LogP contribution is 2.31. The van der Waals surface area contributed by atoms with Crippen molar-refractivity contribution in [3.63, 3.8) is 0 Å². The van der Waals surface area contributed by atoms with Crippen LogP contribution >= 0.6 is 0 Å². The lowest BCUT2D eigenvalue weighted by Crippen LogP contribution is -2.32. The minimum atomic E-state index is -0.186. The first-order valence-corrected chi connectivity index (χ1v) is 5.94.